The first kappa shape index (κ1) is 17.5. The summed E-state index contributed by atoms with van der Waals surface area (Å²) in [5, 5.41) is 5.96. The van der Waals surface area contributed by atoms with Crippen LogP contribution in [0.2, 0.25) is 0 Å². The summed E-state index contributed by atoms with van der Waals surface area (Å²) in [4.78, 5) is 23.5. The second-order valence-corrected chi connectivity index (χ2v) is 5.45. The number of amides is 1. The van der Waals surface area contributed by atoms with E-state index in [1.165, 1.54) is 6.92 Å². The van der Waals surface area contributed by atoms with Crippen molar-refractivity contribution in [3.8, 4) is 5.75 Å². The molecule has 1 amide bonds. The van der Waals surface area contributed by atoms with Crippen molar-refractivity contribution < 1.29 is 14.3 Å². The summed E-state index contributed by atoms with van der Waals surface area (Å²) in [5.74, 6) is 0.642. The molecule has 0 bridgehead atoms. The van der Waals surface area contributed by atoms with Crippen molar-refractivity contribution in [3.63, 3.8) is 0 Å². The Morgan fingerprint density at radius 3 is 2.12 bits per heavy atom. The van der Waals surface area contributed by atoms with Gasteiger partial charge in [-0.1, -0.05) is 0 Å². The average Bonchev–Trinajstić information content (AvgIpc) is 2.57. The maximum absolute atomic E-state index is 12.2. The minimum Gasteiger partial charge on any atom is -0.494 e. The summed E-state index contributed by atoms with van der Waals surface area (Å²) in [7, 11) is 0. The zero-order valence-electron chi connectivity index (χ0n) is 14.1. The van der Waals surface area contributed by atoms with Crippen molar-refractivity contribution in [2.75, 3.05) is 17.2 Å². The van der Waals surface area contributed by atoms with Gasteiger partial charge in [-0.25, -0.2) is 0 Å². The third kappa shape index (κ3) is 4.84. The fourth-order valence-corrected chi connectivity index (χ4v) is 2.17. The minimum absolute atomic E-state index is 0.00147. The Morgan fingerprint density at radius 1 is 1.00 bits per heavy atom. The highest BCUT2D eigenvalue weighted by Gasteiger charge is 2.13. The van der Waals surface area contributed by atoms with Gasteiger partial charge in [-0.15, -0.1) is 0 Å². The first-order valence-corrected chi connectivity index (χ1v) is 7.91. The number of Topliss-reactive ketones (excluding diaryl/α,β-unsaturated/α-hetero) is 1. The lowest BCUT2D eigenvalue weighted by molar-refractivity contribution is -0.116. The molecule has 0 fully saturated rings. The van der Waals surface area contributed by atoms with Gasteiger partial charge < -0.3 is 15.4 Å². The Kier molecular flexibility index (Phi) is 5.95. The molecule has 2 aromatic rings. The van der Waals surface area contributed by atoms with Gasteiger partial charge in [0.25, 0.3) is 0 Å². The number of ether oxygens (including phenoxy) is 1. The highest BCUT2D eigenvalue weighted by Crippen LogP contribution is 2.17. The fourth-order valence-electron chi connectivity index (χ4n) is 2.17. The molecule has 0 aliphatic carbocycles. The van der Waals surface area contributed by atoms with Gasteiger partial charge in [-0.2, -0.15) is 0 Å². The number of ketones is 1. The Bertz CT molecular complexity index is 694. The number of nitrogens with one attached hydrogen (secondary N) is 2. The molecule has 0 aliphatic rings. The van der Waals surface area contributed by atoms with Crippen LogP contribution in [0.25, 0.3) is 0 Å². The largest absolute Gasteiger partial charge is 0.494 e. The number of hydrogen-bond donors (Lipinski definition) is 2. The zero-order chi connectivity index (χ0) is 17.5. The lowest BCUT2D eigenvalue weighted by atomic mass is 10.1. The van der Waals surface area contributed by atoms with Gasteiger partial charge in [0.15, 0.2) is 5.78 Å². The smallest absolute Gasteiger partial charge is 0.246 e. The van der Waals surface area contributed by atoms with E-state index in [1.54, 1.807) is 31.2 Å². The fraction of sp³-hybridized carbons (Fsp3) is 0.263. The second-order valence-electron chi connectivity index (χ2n) is 5.45. The Hall–Kier alpha value is -2.82. The molecule has 5 nitrogen and oxygen atoms in total. The van der Waals surface area contributed by atoms with Crippen LogP contribution in [0.15, 0.2) is 48.5 Å². The third-order valence-electron chi connectivity index (χ3n) is 3.50. The van der Waals surface area contributed by atoms with E-state index in [-0.39, 0.29) is 11.7 Å². The average molecular weight is 326 g/mol. The van der Waals surface area contributed by atoms with E-state index in [2.05, 4.69) is 10.6 Å². The number of anilines is 2. The van der Waals surface area contributed by atoms with Crippen molar-refractivity contribution in [2.24, 2.45) is 0 Å². The van der Waals surface area contributed by atoms with Gasteiger partial charge in [0, 0.05) is 16.9 Å². The maximum Gasteiger partial charge on any atom is 0.246 e. The monoisotopic (exact) mass is 326 g/mol. The highest BCUT2D eigenvalue weighted by molar-refractivity contribution is 5.97. The van der Waals surface area contributed by atoms with Crippen LogP contribution in [-0.4, -0.2) is 24.3 Å². The zero-order valence-corrected chi connectivity index (χ0v) is 14.1. The van der Waals surface area contributed by atoms with Crippen LogP contribution >= 0.6 is 0 Å². The Balaban J connectivity index is 1.92. The molecule has 5 heteroatoms. The molecule has 2 aromatic carbocycles. The number of hydrogen-bond acceptors (Lipinski definition) is 4. The predicted octanol–water partition coefficient (Wildman–Crippen LogP) is 3.73. The number of rotatable bonds is 7. The van der Waals surface area contributed by atoms with Crippen LogP contribution in [0, 0.1) is 0 Å². The van der Waals surface area contributed by atoms with Crippen LogP contribution in [-0.2, 0) is 4.79 Å². The topological polar surface area (TPSA) is 67.4 Å². The molecule has 0 aromatic heterocycles. The van der Waals surface area contributed by atoms with Crippen LogP contribution < -0.4 is 15.4 Å². The van der Waals surface area contributed by atoms with Crippen LogP contribution in [0.5, 0.6) is 5.75 Å². The van der Waals surface area contributed by atoms with E-state index in [1.807, 2.05) is 31.2 Å². The molecule has 2 rings (SSSR count). The summed E-state index contributed by atoms with van der Waals surface area (Å²) in [5.41, 5.74) is 2.12. The molecule has 0 heterocycles. The molecule has 0 aliphatic heterocycles. The summed E-state index contributed by atoms with van der Waals surface area (Å²) >= 11 is 0. The first-order chi connectivity index (χ1) is 11.5. The van der Waals surface area contributed by atoms with Crippen molar-refractivity contribution in [3.05, 3.63) is 54.1 Å². The molecule has 0 saturated heterocycles. The quantitative estimate of drug-likeness (QED) is 0.761. The van der Waals surface area contributed by atoms with Crippen LogP contribution in [0.4, 0.5) is 11.4 Å². The molecule has 1 atom stereocenters. The molecule has 126 valence electrons. The van der Waals surface area contributed by atoms with Gasteiger partial charge in [-0.3, -0.25) is 9.59 Å². The van der Waals surface area contributed by atoms with E-state index in [4.69, 9.17) is 4.74 Å². The molecule has 2 N–H and O–H groups in total. The number of carbonyl (C=O) groups is 2. The summed E-state index contributed by atoms with van der Waals surface area (Å²) < 4.78 is 5.39. The summed E-state index contributed by atoms with van der Waals surface area (Å²) in [6.07, 6.45) is 0. The summed E-state index contributed by atoms with van der Waals surface area (Å²) in [6.45, 7) is 5.85. The van der Waals surface area contributed by atoms with Crippen LogP contribution in [0.3, 0.4) is 0 Å². The van der Waals surface area contributed by atoms with Gasteiger partial charge in [0.2, 0.25) is 5.91 Å². The standard InChI is InChI=1S/C19H22N2O3/c1-4-24-18-11-9-16(10-12-18)20-13(2)19(23)21-17-7-5-15(6-8-17)14(3)22/h5-13,20H,4H2,1-3H3,(H,21,23)/t13-/m0/s1. The highest BCUT2D eigenvalue weighted by atomic mass is 16.5. The molecule has 0 unspecified atom stereocenters. The van der Waals surface area contributed by atoms with Crippen molar-refractivity contribution in [1.29, 1.82) is 0 Å². The van der Waals surface area contributed by atoms with E-state index >= 15 is 0 Å². The predicted molar refractivity (Wildman–Crippen MR) is 95.8 cm³/mol. The minimum atomic E-state index is -0.407. The summed E-state index contributed by atoms with van der Waals surface area (Å²) in [6, 6.07) is 13.9. The third-order valence-corrected chi connectivity index (χ3v) is 3.50. The molecular formula is C19H22N2O3. The molecular weight excluding hydrogens is 304 g/mol. The molecule has 0 spiro atoms. The van der Waals surface area contributed by atoms with E-state index in [0.29, 0.717) is 17.9 Å². The van der Waals surface area contributed by atoms with Crippen molar-refractivity contribution >= 4 is 23.1 Å². The van der Waals surface area contributed by atoms with E-state index < -0.39 is 6.04 Å². The van der Waals surface area contributed by atoms with Crippen molar-refractivity contribution in [1.82, 2.24) is 0 Å². The number of benzene rings is 2. The van der Waals surface area contributed by atoms with E-state index in [9.17, 15) is 9.59 Å². The van der Waals surface area contributed by atoms with E-state index in [0.717, 1.165) is 11.4 Å². The van der Waals surface area contributed by atoms with Gasteiger partial charge >= 0.3 is 0 Å². The van der Waals surface area contributed by atoms with Crippen LogP contribution in [0.1, 0.15) is 31.1 Å². The van der Waals surface area contributed by atoms with Gasteiger partial charge in [0.1, 0.15) is 11.8 Å². The maximum atomic E-state index is 12.2. The lowest BCUT2D eigenvalue weighted by Crippen LogP contribution is -2.31. The molecule has 0 saturated carbocycles. The Morgan fingerprint density at radius 2 is 1.58 bits per heavy atom. The molecule has 0 radical (unpaired) electrons. The lowest BCUT2D eigenvalue weighted by Gasteiger charge is -2.16. The normalized spacial score (nSPS) is 11.5. The van der Waals surface area contributed by atoms with Gasteiger partial charge in [-0.05, 0) is 69.3 Å². The van der Waals surface area contributed by atoms with Crippen molar-refractivity contribution in [2.45, 2.75) is 26.8 Å². The Labute approximate surface area is 142 Å². The second kappa shape index (κ2) is 8.15. The molecule has 24 heavy (non-hydrogen) atoms. The van der Waals surface area contributed by atoms with Gasteiger partial charge in [0.05, 0.1) is 6.61 Å². The number of carbonyl (C=O) groups excluding carboxylic acids is 2. The first-order valence-electron chi connectivity index (χ1n) is 7.91. The SMILES string of the molecule is CCOc1ccc(N[C@@H](C)C(=O)Nc2ccc(C(C)=O)cc2)cc1.